The molecule has 1 aromatic carbocycles. The molecule has 3 rings (SSSR count). The fraction of sp³-hybridized carbons (Fsp3) is 0.467. The van der Waals surface area contributed by atoms with E-state index >= 15 is 0 Å². The van der Waals surface area contributed by atoms with Crippen LogP contribution in [0.4, 0.5) is 0 Å². The van der Waals surface area contributed by atoms with Gasteiger partial charge in [-0.3, -0.25) is 13.8 Å². The Morgan fingerprint density at radius 2 is 1.90 bits per heavy atom. The van der Waals surface area contributed by atoms with Crippen molar-refractivity contribution in [1.29, 1.82) is 0 Å². The quantitative estimate of drug-likeness (QED) is 0.793. The van der Waals surface area contributed by atoms with E-state index in [4.69, 9.17) is 0 Å². The van der Waals surface area contributed by atoms with Gasteiger partial charge < -0.3 is 9.80 Å². The summed E-state index contributed by atoms with van der Waals surface area (Å²) >= 11 is 0. The van der Waals surface area contributed by atoms with E-state index in [0.29, 0.717) is 18.6 Å². The number of carbonyl (C=O) groups is 2. The molecule has 6 heteroatoms. The van der Waals surface area contributed by atoms with Crippen molar-refractivity contribution in [3.05, 3.63) is 35.9 Å². The van der Waals surface area contributed by atoms with Crippen LogP contribution in [0.25, 0.3) is 0 Å². The van der Waals surface area contributed by atoms with Crippen LogP contribution in [0.1, 0.15) is 12.0 Å². The molecule has 5 nitrogen and oxygen atoms in total. The van der Waals surface area contributed by atoms with E-state index < -0.39 is 22.9 Å². The maximum Gasteiger partial charge on any atom is 0.247 e. The predicted octanol–water partition coefficient (Wildman–Crippen LogP) is 0.377. The van der Waals surface area contributed by atoms with E-state index in [0.717, 1.165) is 5.56 Å². The Morgan fingerprint density at radius 1 is 1.19 bits per heavy atom. The molecular formula is C15H18N2O3S. The molecule has 3 unspecified atom stereocenters. The number of amides is 2. The van der Waals surface area contributed by atoms with Gasteiger partial charge in [0.25, 0.3) is 0 Å². The van der Waals surface area contributed by atoms with Crippen molar-refractivity contribution < 1.29 is 13.8 Å². The van der Waals surface area contributed by atoms with Gasteiger partial charge in [-0.15, -0.1) is 0 Å². The lowest BCUT2D eigenvalue weighted by Gasteiger charge is -2.45. The second-order valence-electron chi connectivity index (χ2n) is 5.54. The van der Waals surface area contributed by atoms with Crippen LogP contribution in [0.3, 0.4) is 0 Å². The number of hydrogen-bond donors (Lipinski definition) is 0. The summed E-state index contributed by atoms with van der Waals surface area (Å²) in [4.78, 5) is 28.2. The van der Waals surface area contributed by atoms with Gasteiger partial charge in [0.1, 0.15) is 12.1 Å². The average molecular weight is 306 g/mol. The maximum atomic E-state index is 12.7. The third kappa shape index (κ3) is 2.60. The Morgan fingerprint density at radius 3 is 2.62 bits per heavy atom. The molecule has 2 saturated heterocycles. The molecule has 1 aromatic rings. The van der Waals surface area contributed by atoms with Gasteiger partial charge in [0.05, 0.1) is 5.88 Å². The molecule has 0 bridgehead atoms. The molecule has 3 atom stereocenters. The first kappa shape index (κ1) is 14.3. The summed E-state index contributed by atoms with van der Waals surface area (Å²) in [7, 11) is 0.659. The molecule has 0 radical (unpaired) electrons. The van der Waals surface area contributed by atoms with Crippen molar-refractivity contribution in [1.82, 2.24) is 9.80 Å². The summed E-state index contributed by atoms with van der Waals surface area (Å²) in [6, 6.07) is 8.74. The smallest absolute Gasteiger partial charge is 0.247 e. The van der Waals surface area contributed by atoms with Gasteiger partial charge >= 0.3 is 0 Å². The Hall–Kier alpha value is -1.69. The molecule has 2 aliphatic heterocycles. The topological polar surface area (TPSA) is 57.7 Å². The summed E-state index contributed by atoms with van der Waals surface area (Å²) in [5, 5.41) is 0. The lowest BCUT2D eigenvalue weighted by molar-refractivity contribution is -0.159. The standard InChI is InChI=1S/C15H18N2O3S/c1-16-13(9-11-5-3-2-4-6-11)15(19)17-10-21(20)8-7-12(17)14(16)18/h2-6,12-13H,7-10H2,1H3. The van der Waals surface area contributed by atoms with Crippen LogP contribution in [-0.4, -0.2) is 56.6 Å². The predicted molar refractivity (Wildman–Crippen MR) is 79.8 cm³/mol. The monoisotopic (exact) mass is 306 g/mol. The minimum absolute atomic E-state index is 0.0350. The zero-order valence-electron chi connectivity index (χ0n) is 11.9. The Kier molecular flexibility index (Phi) is 3.80. The summed E-state index contributed by atoms with van der Waals surface area (Å²) in [6.45, 7) is 0. The van der Waals surface area contributed by atoms with Crippen LogP contribution >= 0.6 is 0 Å². The molecule has 2 amide bonds. The van der Waals surface area contributed by atoms with E-state index in [-0.39, 0.29) is 17.7 Å². The van der Waals surface area contributed by atoms with Crippen LogP contribution in [0.2, 0.25) is 0 Å². The number of carbonyl (C=O) groups excluding carboxylic acids is 2. The van der Waals surface area contributed by atoms with Crippen LogP contribution < -0.4 is 0 Å². The largest absolute Gasteiger partial charge is 0.332 e. The number of likely N-dealkylation sites (N-methyl/N-ethyl adjacent to an activating group) is 1. The highest BCUT2D eigenvalue weighted by atomic mass is 32.2. The summed E-state index contributed by atoms with van der Waals surface area (Å²) < 4.78 is 11.7. The van der Waals surface area contributed by atoms with Crippen LogP contribution in [0, 0.1) is 0 Å². The Balaban J connectivity index is 1.85. The van der Waals surface area contributed by atoms with Crippen LogP contribution in [0.5, 0.6) is 0 Å². The minimum Gasteiger partial charge on any atom is -0.332 e. The second-order valence-corrected chi connectivity index (χ2v) is 7.09. The lowest BCUT2D eigenvalue weighted by Crippen LogP contribution is -2.66. The molecule has 2 fully saturated rings. The number of fused-ring (bicyclic) bond motifs is 1. The van der Waals surface area contributed by atoms with Crippen molar-refractivity contribution in [2.24, 2.45) is 0 Å². The van der Waals surface area contributed by atoms with E-state index in [9.17, 15) is 13.8 Å². The molecule has 0 aromatic heterocycles. The van der Waals surface area contributed by atoms with E-state index in [2.05, 4.69) is 0 Å². The molecule has 0 N–H and O–H groups in total. The lowest BCUT2D eigenvalue weighted by atomic mass is 9.98. The first-order valence-electron chi connectivity index (χ1n) is 7.04. The molecule has 2 heterocycles. The van der Waals surface area contributed by atoms with Gasteiger partial charge in [0.15, 0.2) is 0 Å². The SMILES string of the molecule is CN1C(=O)C2CCS(=O)CN2C(=O)C1Cc1ccccc1. The highest BCUT2D eigenvalue weighted by Gasteiger charge is 2.46. The Labute approximate surface area is 126 Å². The number of benzene rings is 1. The molecular weight excluding hydrogens is 288 g/mol. The highest BCUT2D eigenvalue weighted by molar-refractivity contribution is 7.84. The zero-order valence-corrected chi connectivity index (χ0v) is 12.7. The third-order valence-electron chi connectivity index (χ3n) is 4.22. The molecule has 0 spiro atoms. The van der Waals surface area contributed by atoms with E-state index in [1.807, 2.05) is 30.3 Å². The second kappa shape index (κ2) is 5.60. The highest BCUT2D eigenvalue weighted by Crippen LogP contribution is 2.25. The van der Waals surface area contributed by atoms with Crippen molar-refractivity contribution >= 4 is 22.6 Å². The fourth-order valence-electron chi connectivity index (χ4n) is 2.99. The van der Waals surface area contributed by atoms with Crippen LogP contribution in [-0.2, 0) is 26.8 Å². The van der Waals surface area contributed by atoms with E-state index in [1.165, 1.54) is 4.90 Å². The van der Waals surface area contributed by atoms with Gasteiger partial charge in [-0.2, -0.15) is 0 Å². The van der Waals surface area contributed by atoms with Crippen molar-refractivity contribution in [3.63, 3.8) is 0 Å². The number of piperazine rings is 1. The average Bonchev–Trinajstić information content (AvgIpc) is 2.50. The van der Waals surface area contributed by atoms with Gasteiger partial charge in [0.2, 0.25) is 11.8 Å². The first-order valence-corrected chi connectivity index (χ1v) is 8.53. The molecule has 21 heavy (non-hydrogen) atoms. The number of hydrogen-bond acceptors (Lipinski definition) is 3. The molecule has 0 aliphatic carbocycles. The first-order chi connectivity index (χ1) is 10.1. The molecule has 0 saturated carbocycles. The van der Waals surface area contributed by atoms with Gasteiger partial charge in [-0.1, -0.05) is 30.3 Å². The third-order valence-corrected chi connectivity index (χ3v) is 5.48. The molecule has 112 valence electrons. The maximum absolute atomic E-state index is 12.7. The van der Waals surface area contributed by atoms with Crippen molar-refractivity contribution in [3.8, 4) is 0 Å². The van der Waals surface area contributed by atoms with Crippen molar-refractivity contribution in [2.75, 3.05) is 18.7 Å². The number of nitrogens with zero attached hydrogens (tertiary/aromatic N) is 2. The fourth-order valence-corrected chi connectivity index (χ4v) is 4.22. The number of rotatable bonds is 2. The van der Waals surface area contributed by atoms with Gasteiger partial charge in [0, 0.05) is 30.0 Å². The summed E-state index contributed by atoms with van der Waals surface area (Å²) in [5.41, 5.74) is 1.02. The van der Waals surface area contributed by atoms with Crippen molar-refractivity contribution in [2.45, 2.75) is 24.9 Å². The summed E-state index contributed by atoms with van der Waals surface area (Å²) in [6.07, 6.45) is 0.997. The summed E-state index contributed by atoms with van der Waals surface area (Å²) in [5.74, 6) is 0.567. The minimum atomic E-state index is -1.03. The normalized spacial score (nSPS) is 29.5. The molecule has 2 aliphatic rings. The zero-order chi connectivity index (χ0) is 15.0. The van der Waals surface area contributed by atoms with Crippen LogP contribution in [0.15, 0.2) is 30.3 Å². The van der Waals surface area contributed by atoms with Gasteiger partial charge in [-0.05, 0) is 12.0 Å². The Bertz CT molecular complexity index is 590. The van der Waals surface area contributed by atoms with Gasteiger partial charge in [-0.25, -0.2) is 0 Å². The van der Waals surface area contributed by atoms with E-state index in [1.54, 1.807) is 11.9 Å².